The monoisotopic (exact) mass is 808 g/mol. The van der Waals surface area contributed by atoms with Gasteiger partial charge in [0.05, 0.1) is 31.2 Å². The highest BCUT2D eigenvalue weighted by Gasteiger charge is 2.40. The number of fused-ring (bicyclic) bond motifs is 2. The number of aliphatic hydroxyl groups is 1. The molecule has 58 heavy (non-hydrogen) atoms. The lowest BCUT2D eigenvalue weighted by molar-refractivity contribution is -0.121. The van der Waals surface area contributed by atoms with E-state index in [2.05, 4.69) is 94.5 Å². The van der Waals surface area contributed by atoms with Crippen LogP contribution in [0.25, 0.3) is 21.9 Å². The minimum Gasteiger partial charge on any atom is -0.424 e. The van der Waals surface area contributed by atoms with E-state index in [1.54, 1.807) is 10.6 Å². The summed E-state index contributed by atoms with van der Waals surface area (Å²) < 4.78 is 28.5. The largest absolute Gasteiger partial charge is 0.424 e. The van der Waals surface area contributed by atoms with Gasteiger partial charge < -0.3 is 25.2 Å². The molecule has 1 fully saturated rings. The highest BCUT2D eigenvalue weighted by atomic mass is 31.2. The van der Waals surface area contributed by atoms with Gasteiger partial charge in [-0.25, -0.2) is 9.55 Å². The van der Waals surface area contributed by atoms with Crippen molar-refractivity contribution in [2.75, 3.05) is 25.0 Å². The Morgan fingerprint density at radius 2 is 1.67 bits per heavy atom. The number of aromatic nitrogens is 4. The topological polar surface area (TPSA) is 174 Å². The zero-order valence-corrected chi connectivity index (χ0v) is 34.3. The number of aromatic amines is 1. The summed E-state index contributed by atoms with van der Waals surface area (Å²) in [5.41, 5.74) is 6.35. The molecule has 0 radical (unpaired) electrons. The zero-order valence-electron chi connectivity index (χ0n) is 33.4. The number of carbonyl (C=O) groups excluding carboxylic acids is 1. The van der Waals surface area contributed by atoms with Crippen LogP contribution in [0.1, 0.15) is 77.2 Å². The third-order valence-electron chi connectivity index (χ3n) is 9.92. The lowest BCUT2D eigenvalue weighted by Gasteiger charge is -2.24. The molecular formula is C45H57N6O6P. The number of nitrogens with zero attached hydrogens (tertiary/aromatic N) is 3. The molecule has 5 rings (SSSR count). The number of H-pyrrole nitrogens is 1. The van der Waals surface area contributed by atoms with Crippen LogP contribution in [0.5, 0.6) is 5.75 Å². The number of nitrogens with two attached hydrogens (primary N) is 1. The van der Waals surface area contributed by atoms with Crippen molar-refractivity contribution in [1.82, 2.24) is 24.8 Å². The third kappa shape index (κ3) is 12.9. The van der Waals surface area contributed by atoms with Gasteiger partial charge in [-0.15, -0.1) is 0 Å². The lowest BCUT2D eigenvalue weighted by atomic mass is 10.0. The van der Waals surface area contributed by atoms with Crippen molar-refractivity contribution >= 4 is 41.4 Å². The van der Waals surface area contributed by atoms with Gasteiger partial charge in [-0.3, -0.25) is 19.1 Å². The van der Waals surface area contributed by atoms with Gasteiger partial charge in [-0.2, -0.15) is 4.98 Å². The smallest absolute Gasteiger partial charge is 0.379 e. The van der Waals surface area contributed by atoms with E-state index in [9.17, 15) is 19.3 Å². The predicted molar refractivity (Wildman–Crippen MR) is 234 cm³/mol. The summed E-state index contributed by atoms with van der Waals surface area (Å²) in [6, 6.07) is 12.7. The van der Waals surface area contributed by atoms with Crippen molar-refractivity contribution < 1.29 is 23.5 Å². The SMILES string of the molecule is C=C1C(n2cnc3c(=O)[nH]c(N)nc32)C[C@H](O)[C@H]1COP(=O)(CCCNC(=O)CCC/C=C\C/C=C\C/C=C\C/C=C\C/C=C\CC)Oc1cccc2ccccc12. The van der Waals surface area contributed by atoms with Crippen LogP contribution in [-0.2, 0) is 13.9 Å². The summed E-state index contributed by atoms with van der Waals surface area (Å²) in [6.07, 6.45) is 29.6. The van der Waals surface area contributed by atoms with Gasteiger partial charge in [0.15, 0.2) is 11.2 Å². The number of allylic oxidation sites excluding steroid dienone is 10. The van der Waals surface area contributed by atoms with Gasteiger partial charge in [0.25, 0.3) is 5.56 Å². The maximum Gasteiger partial charge on any atom is 0.379 e. The summed E-state index contributed by atoms with van der Waals surface area (Å²) in [5.74, 6) is -0.288. The molecule has 0 spiro atoms. The average Bonchev–Trinajstić information content (AvgIpc) is 3.76. The Labute approximate surface area is 340 Å². The number of hydrogen-bond acceptors (Lipinski definition) is 9. The molecule has 13 heteroatoms. The molecule has 1 aliphatic carbocycles. The van der Waals surface area contributed by atoms with E-state index in [0.29, 0.717) is 30.7 Å². The first-order valence-electron chi connectivity index (χ1n) is 20.2. The first-order chi connectivity index (χ1) is 28.2. The van der Waals surface area contributed by atoms with E-state index in [1.165, 1.54) is 6.33 Å². The Morgan fingerprint density at radius 3 is 2.40 bits per heavy atom. The van der Waals surface area contributed by atoms with Crippen molar-refractivity contribution in [3.63, 3.8) is 0 Å². The first-order valence-corrected chi connectivity index (χ1v) is 21.9. The van der Waals surface area contributed by atoms with E-state index in [4.69, 9.17) is 14.8 Å². The molecule has 0 saturated heterocycles. The molecule has 1 amide bonds. The highest BCUT2D eigenvalue weighted by Crippen LogP contribution is 2.52. The average molecular weight is 809 g/mol. The van der Waals surface area contributed by atoms with Crippen LogP contribution >= 0.6 is 7.60 Å². The molecule has 5 N–H and O–H groups in total. The molecule has 2 heterocycles. The van der Waals surface area contributed by atoms with Crippen molar-refractivity contribution in [3.05, 3.63) is 132 Å². The summed E-state index contributed by atoms with van der Waals surface area (Å²) in [4.78, 5) is 35.9. The minimum absolute atomic E-state index is 0.0351. The van der Waals surface area contributed by atoms with Crippen LogP contribution < -0.4 is 21.1 Å². The second-order valence-corrected chi connectivity index (χ2v) is 16.4. The fourth-order valence-electron chi connectivity index (χ4n) is 6.81. The Bertz CT molecular complexity index is 2230. The second kappa shape index (κ2) is 22.6. The van der Waals surface area contributed by atoms with Gasteiger partial charge in [0.1, 0.15) is 5.75 Å². The van der Waals surface area contributed by atoms with Crippen molar-refractivity contribution in [3.8, 4) is 5.75 Å². The number of rotatable bonds is 23. The number of aliphatic hydroxyl groups excluding tert-OH is 1. The Balaban J connectivity index is 1.08. The van der Waals surface area contributed by atoms with Crippen LogP contribution in [0, 0.1) is 5.92 Å². The highest BCUT2D eigenvalue weighted by molar-refractivity contribution is 7.54. The zero-order chi connectivity index (χ0) is 41.2. The number of amides is 1. The Morgan fingerprint density at radius 1 is 1.00 bits per heavy atom. The molecule has 1 aliphatic rings. The number of nitrogen functional groups attached to an aromatic ring is 1. The van der Waals surface area contributed by atoms with E-state index >= 15 is 0 Å². The molecule has 4 atom stereocenters. The molecule has 12 nitrogen and oxygen atoms in total. The number of carbonyl (C=O) groups is 1. The predicted octanol–water partition coefficient (Wildman–Crippen LogP) is 9.05. The molecule has 1 saturated carbocycles. The van der Waals surface area contributed by atoms with Gasteiger partial charge in [0.2, 0.25) is 11.9 Å². The van der Waals surface area contributed by atoms with Crippen molar-refractivity contribution in [1.29, 1.82) is 0 Å². The first kappa shape index (κ1) is 43.8. The Hall–Kier alpha value is -5.29. The van der Waals surface area contributed by atoms with E-state index in [-0.39, 0.29) is 42.2 Å². The minimum atomic E-state index is -3.82. The van der Waals surface area contributed by atoms with Crippen LogP contribution in [0.15, 0.2) is 126 Å². The Kier molecular flexibility index (Phi) is 17.1. The van der Waals surface area contributed by atoms with Crippen LogP contribution in [0.2, 0.25) is 0 Å². The number of benzene rings is 2. The van der Waals surface area contributed by atoms with Gasteiger partial charge in [0, 0.05) is 24.3 Å². The molecule has 308 valence electrons. The standard InChI is InChI=1S/C45H57N6O6P/c1-3-4-5-6-7-8-9-10-11-12-13-14-15-16-17-18-19-28-41(53)47-29-23-30-58(55,57-40-27-22-25-35-24-20-21-26-36(35)40)56-32-37-34(2)38(31-39(37)52)51-33-48-42-43(51)49-45(46)50-44(42)54/h4-5,7-8,10-11,13-14,16-17,20-22,24-27,33,37-39,52H,2-3,6,9,12,15,18-19,23,28-32H2,1H3,(H,47,53)(H3,46,49,50,54)/b5-4-,8-7-,11-10-,14-13-,17-16-/t37-,38?,39-,58?/m0/s1. The maximum atomic E-state index is 14.5. The molecular weight excluding hydrogens is 752 g/mol. The van der Waals surface area contributed by atoms with E-state index in [1.807, 2.05) is 36.4 Å². The summed E-state index contributed by atoms with van der Waals surface area (Å²) >= 11 is 0. The number of hydrogen-bond donors (Lipinski definition) is 4. The number of anilines is 1. The van der Waals surface area contributed by atoms with Crippen LogP contribution in [-0.4, -0.2) is 56.0 Å². The molecule has 2 aromatic carbocycles. The summed E-state index contributed by atoms with van der Waals surface area (Å²) in [7, 11) is -3.82. The van der Waals surface area contributed by atoms with E-state index in [0.717, 1.165) is 55.7 Å². The van der Waals surface area contributed by atoms with Crippen LogP contribution in [0.4, 0.5) is 5.95 Å². The molecule has 0 aliphatic heterocycles. The summed E-state index contributed by atoms with van der Waals surface area (Å²) in [6.45, 7) is 6.56. The second-order valence-electron chi connectivity index (χ2n) is 14.3. The quantitative estimate of drug-likeness (QED) is 0.0324. The number of unbranched alkanes of at least 4 members (excludes halogenated alkanes) is 1. The fraction of sp³-hybridized carbons (Fsp3) is 0.378. The van der Waals surface area contributed by atoms with Gasteiger partial charge >= 0.3 is 7.60 Å². The summed E-state index contributed by atoms with van der Waals surface area (Å²) in [5, 5.41) is 15.8. The van der Waals surface area contributed by atoms with Crippen molar-refractivity contribution in [2.45, 2.75) is 83.3 Å². The van der Waals surface area contributed by atoms with E-state index < -0.39 is 31.2 Å². The third-order valence-corrected chi connectivity index (χ3v) is 11.8. The van der Waals surface area contributed by atoms with Crippen LogP contribution in [0.3, 0.4) is 0 Å². The van der Waals surface area contributed by atoms with Gasteiger partial charge in [-0.05, 0) is 74.8 Å². The molecule has 0 bridgehead atoms. The number of nitrogens with one attached hydrogen (secondary N) is 2. The van der Waals surface area contributed by atoms with Crippen molar-refractivity contribution in [2.24, 2.45) is 5.92 Å². The maximum absolute atomic E-state index is 14.5. The lowest BCUT2D eigenvalue weighted by Crippen LogP contribution is -2.25. The normalized spacial score (nSPS) is 18.6. The molecule has 2 aromatic heterocycles. The molecule has 4 aromatic rings. The fourth-order valence-corrected chi connectivity index (χ4v) is 8.48. The molecule has 2 unspecified atom stereocenters. The number of imidazole rings is 1. The van der Waals surface area contributed by atoms with Gasteiger partial charge in [-0.1, -0.05) is 111 Å².